The van der Waals surface area contributed by atoms with Crippen molar-refractivity contribution in [2.75, 3.05) is 4.90 Å². The van der Waals surface area contributed by atoms with Crippen LogP contribution in [0.2, 0.25) is 0 Å². The monoisotopic (exact) mass is 467 g/mol. The molecule has 2 nitrogen and oxygen atoms in total. The minimum Gasteiger partial charge on any atom is -0.507 e. The summed E-state index contributed by atoms with van der Waals surface area (Å²) in [6.07, 6.45) is 2.15. The number of para-hydroxylation sites is 2. The van der Waals surface area contributed by atoms with Crippen molar-refractivity contribution in [1.29, 1.82) is 0 Å². The van der Waals surface area contributed by atoms with E-state index >= 15 is 0 Å². The number of hydrogen-bond acceptors (Lipinski definition) is 2. The van der Waals surface area contributed by atoms with Crippen molar-refractivity contribution >= 4 is 25.3 Å². The summed E-state index contributed by atoms with van der Waals surface area (Å²) in [6.45, 7) is 7.15. The van der Waals surface area contributed by atoms with E-state index in [4.69, 9.17) is 0 Å². The Morgan fingerprint density at radius 1 is 0.794 bits per heavy atom. The molecule has 0 heterocycles. The number of aryl methyl sites for hydroxylation is 2. The van der Waals surface area contributed by atoms with Crippen LogP contribution in [-0.4, -0.2) is 5.11 Å². The molecule has 1 N–H and O–H groups in total. The summed E-state index contributed by atoms with van der Waals surface area (Å²) in [7, 11) is 0.596. The largest absolute Gasteiger partial charge is 0.507 e. The molecule has 0 radical (unpaired) electrons. The van der Waals surface area contributed by atoms with E-state index in [1.54, 1.807) is 0 Å². The van der Waals surface area contributed by atoms with Crippen LogP contribution in [0.15, 0.2) is 97.1 Å². The average Bonchev–Trinajstić information content (AvgIpc) is 2.86. The van der Waals surface area contributed by atoms with E-state index in [9.17, 15) is 5.11 Å². The van der Waals surface area contributed by atoms with Crippen molar-refractivity contribution in [1.82, 2.24) is 0 Å². The third kappa shape index (κ3) is 5.69. The third-order valence-corrected chi connectivity index (χ3v) is 7.99. The molecule has 3 heteroatoms. The summed E-state index contributed by atoms with van der Waals surface area (Å²) < 4.78 is 0. The molecule has 0 amide bonds. The standard InChI is InChI=1S/C31H34NOP/c1-4-13-30(28-21-23(2)20-24(3)31(28)33)34-29-19-12-11-14-25(29)22-32(26-15-7-5-8-16-26)27-17-9-6-10-18-27/h5-12,14-21,30,33-34H,4,13,22H2,1-3H3. The van der Waals surface area contributed by atoms with Gasteiger partial charge in [-0.1, -0.05) is 100 Å². The number of hydrogen-bond donors (Lipinski definition) is 1. The van der Waals surface area contributed by atoms with Gasteiger partial charge >= 0.3 is 0 Å². The van der Waals surface area contributed by atoms with E-state index in [0.29, 0.717) is 20.0 Å². The maximum atomic E-state index is 10.9. The Bertz CT molecular complexity index is 1170. The van der Waals surface area contributed by atoms with Gasteiger partial charge in [-0.15, -0.1) is 0 Å². The van der Waals surface area contributed by atoms with Gasteiger partial charge < -0.3 is 10.0 Å². The van der Waals surface area contributed by atoms with Gasteiger partial charge in [0.2, 0.25) is 0 Å². The zero-order valence-corrected chi connectivity index (χ0v) is 21.3. The zero-order chi connectivity index (χ0) is 23.9. The minimum absolute atomic E-state index is 0.312. The van der Waals surface area contributed by atoms with Gasteiger partial charge in [0, 0.05) is 29.1 Å². The highest BCUT2D eigenvalue weighted by molar-refractivity contribution is 7.47. The van der Waals surface area contributed by atoms with E-state index in [-0.39, 0.29) is 0 Å². The Morgan fingerprint density at radius 3 is 2.00 bits per heavy atom. The fourth-order valence-electron chi connectivity index (χ4n) is 4.56. The molecular weight excluding hydrogens is 433 g/mol. The highest BCUT2D eigenvalue weighted by atomic mass is 31.1. The number of anilines is 2. The van der Waals surface area contributed by atoms with Crippen LogP contribution in [0.1, 0.15) is 47.7 Å². The Kier molecular flexibility index (Phi) is 8.03. The molecule has 0 aromatic heterocycles. The topological polar surface area (TPSA) is 23.5 Å². The van der Waals surface area contributed by atoms with E-state index < -0.39 is 0 Å². The third-order valence-electron chi connectivity index (χ3n) is 6.24. The number of phenolic OH excluding ortho intramolecular Hbond substituents is 1. The van der Waals surface area contributed by atoms with Gasteiger partial charge in [-0.3, -0.25) is 0 Å². The molecular formula is C31H34NOP. The zero-order valence-electron chi connectivity index (χ0n) is 20.3. The Balaban J connectivity index is 1.69. The van der Waals surface area contributed by atoms with Crippen molar-refractivity contribution in [3.8, 4) is 5.75 Å². The maximum absolute atomic E-state index is 10.9. The van der Waals surface area contributed by atoms with Crippen LogP contribution in [-0.2, 0) is 6.54 Å². The summed E-state index contributed by atoms with van der Waals surface area (Å²) in [5.74, 6) is 0.462. The fraction of sp³-hybridized carbons (Fsp3) is 0.226. The maximum Gasteiger partial charge on any atom is 0.122 e. The molecule has 4 aromatic rings. The number of nitrogens with zero attached hydrogens (tertiary/aromatic N) is 1. The van der Waals surface area contributed by atoms with Crippen LogP contribution >= 0.6 is 8.58 Å². The summed E-state index contributed by atoms with van der Waals surface area (Å²) >= 11 is 0. The first kappa shape index (κ1) is 24.0. The lowest BCUT2D eigenvalue weighted by atomic mass is 10.0. The summed E-state index contributed by atoms with van der Waals surface area (Å²) in [6, 6.07) is 34.3. The number of rotatable bonds is 9. The molecule has 0 aliphatic rings. The molecule has 0 saturated carbocycles. The number of benzene rings is 4. The molecule has 2 atom stereocenters. The normalized spacial score (nSPS) is 12.2. The van der Waals surface area contributed by atoms with Crippen molar-refractivity contribution in [2.24, 2.45) is 0 Å². The van der Waals surface area contributed by atoms with Crippen LogP contribution in [0.3, 0.4) is 0 Å². The van der Waals surface area contributed by atoms with Crippen LogP contribution < -0.4 is 10.2 Å². The minimum atomic E-state index is 0.312. The number of phenols is 1. The van der Waals surface area contributed by atoms with E-state index in [1.807, 2.05) is 6.92 Å². The first-order chi connectivity index (χ1) is 16.6. The lowest BCUT2D eigenvalue weighted by molar-refractivity contribution is 0.461. The fourth-order valence-corrected chi connectivity index (χ4v) is 6.28. The molecule has 0 aliphatic carbocycles. The van der Waals surface area contributed by atoms with Crippen molar-refractivity contribution in [2.45, 2.75) is 45.8 Å². The number of aromatic hydroxyl groups is 1. The second kappa shape index (κ2) is 11.4. The molecule has 174 valence electrons. The van der Waals surface area contributed by atoms with E-state index in [1.165, 1.54) is 27.8 Å². The molecule has 0 bridgehead atoms. The highest BCUT2D eigenvalue weighted by Crippen LogP contribution is 2.44. The summed E-state index contributed by atoms with van der Waals surface area (Å²) in [4.78, 5) is 2.38. The summed E-state index contributed by atoms with van der Waals surface area (Å²) in [5.41, 5.74) is 7.28. The molecule has 0 aliphatic heterocycles. The first-order valence-electron chi connectivity index (χ1n) is 12.1. The molecule has 4 aromatic carbocycles. The predicted octanol–water partition coefficient (Wildman–Crippen LogP) is 8.19. The lowest BCUT2D eigenvalue weighted by Crippen LogP contribution is -2.20. The van der Waals surface area contributed by atoms with Crippen LogP contribution in [0.5, 0.6) is 5.75 Å². The SMILES string of the molecule is CCCC(Pc1ccccc1CN(c1ccccc1)c1ccccc1)c1cc(C)cc(C)c1O. The van der Waals surface area contributed by atoms with Gasteiger partial charge in [0.1, 0.15) is 5.75 Å². The second-order valence-electron chi connectivity index (χ2n) is 8.92. The highest BCUT2D eigenvalue weighted by Gasteiger charge is 2.20. The van der Waals surface area contributed by atoms with Gasteiger partial charge in [-0.25, -0.2) is 0 Å². The van der Waals surface area contributed by atoms with Gasteiger partial charge in [-0.2, -0.15) is 0 Å². The van der Waals surface area contributed by atoms with Gasteiger partial charge in [-0.05, 0) is 61.0 Å². The molecule has 0 saturated heterocycles. The first-order valence-corrected chi connectivity index (χ1v) is 13.2. The lowest BCUT2D eigenvalue weighted by Gasteiger charge is -2.27. The molecule has 2 unspecified atom stereocenters. The van der Waals surface area contributed by atoms with Crippen molar-refractivity contribution < 1.29 is 5.11 Å². The molecule has 0 spiro atoms. The van der Waals surface area contributed by atoms with Gasteiger partial charge in [0.25, 0.3) is 0 Å². The Labute approximate surface area is 206 Å². The van der Waals surface area contributed by atoms with Gasteiger partial charge in [0.05, 0.1) is 0 Å². The second-order valence-corrected chi connectivity index (χ2v) is 10.4. The van der Waals surface area contributed by atoms with Crippen LogP contribution in [0.4, 0.5) is 11.4 Å². The van der Waals surface area contributed by atoms with Crippen LogP contribution in [0, 0.1) is 13.8 Å². The molecule has 4 rings (SSSR count). The van der Waals surface area contributed by atoms with E-state index in [2.05, 4.69) is 116 Å². The van der Waals surface area contributed by atoms with Crippen molar-refractivity contribution in [3.05, 3.63) is 119 Å². The average molecular weight is 468 g/mol. The molecule has 34 heavy (non-hydrogen) atoms. The Hall–Kier alpha value is -3.09. The van der Waals surface area contributed by atoms with Gasteiger partial charge in [0.15, 0.2) is 0 Å². The van der Waals surface area contributed by atoms with E-state index in [0.717, 1.165) is 30.5 Å². The Morgan fingerprint density at radius 2 is 1.38 bits per heavy atom. The van der Waals surface area contributed by atoms with Crippen LogP contribution in [0.25, 0.3) is 0 Å². The smallest absolute Gasteiger partial charge is 0.122 e. The summed E-state index contributed by atoms with van der Waals surface area (Å²) in [5, 5.41) is 12.3. The molecule has 0 fully saturated rings. The predicted molar refractivity (Wildman–Crippen MR) is 148 cm³/mol. The quantitative estimate of drug-likeness (QED) is 0.251. The van der Waals surface area contributed by atoms with Crippen molar-refractivity contribution in [3.63, 3.8) is 0 Å².